The Kier molecular flexibility index (Phi) is 11.2. The van der Waals surface area contributed by atoms with Gasteiger partial charge in [0.05, 0.1) is 22.7 Å². The summed E-state index contributed by atoms with van der Waals surface area (Å²) < 4.78 is 0. The van der Waals surface area contributed by atoms with Gasteiger partial charge in [-0.1, -0.05) is 49.9 Å². The van der Waals surface area contributed by atoms with Crippen LogP contribution < -0.4 is 10.6 Å². The standard InChI is InChI=1S/C24H30N4O6/c29-23(17-19-7-11-21(12-8-19)27(31)32)25-15-5-3-1-2-4-6-16-26-24(30)18-20-9-13-22(14-10-20)28(33)34/h7-14H,1-6,15-18H2,(H,25,29)(H,26,30). The minimum Gasteiger partial charge on any atom is -0.356 e. The van der Waals surface area contributed by atoms with Gasteiger partial charge in [0.15, 0.2) is 0 Å². The van der Waals surface area contributed by atoms with E-state index >= 15 is 0 Å². The molecule has 0 heterocycles. The summed E-state index contributed by atoms with van der Waals surface area (Å²) >= 11 is 0. The SMILES string of the molecule is O=C(Cc1ccc([N+](=O)[O-])cc1)NCCCCCCCCNC(=O)Cc1ccc([N+](=O)[O-])cc1. The first kappa shape index (κ1) is 26.4. The minimum atomic E-state index is -0.468. The van der Waals surface area contributed by atoms with Gasteiger partial charge >= 0.3 is 0 Å². The first-order chi connectivity index (χ1) is 16.3. The van der Waals surface area contributed by atoms with Gasteiger partial charge in [0, 0.05) is 37.4 Å². The predicted octanol–water partition coefficient (Wildman–Crippen LogP) is 3.86. The van der Waals surface area contributed by atoms with Crippen LogP contribution in [0.5, 0.6) is 0 Å². The number of nitro benzene ring substituents is 2. The van der Waals surface area contributed by atoms with E-state index in [4.69, 9.17) is 0 Å². The molecule has 0 aliphatic carbocycles. The summed E-state index contributed by atoms with van der Waals surface area (Å²) in [5.41, 5.74) is 1.49. The summed E-state index contributed by atoms with van der Waals surface area (Å²) in [6, 6.07) is 12.0. The van der Waals surface area contributed by atoms with Crippen molar-refractivity contribution in [1.82, 2.24) is 10.6 Å². The summed E-state index contributed by atoms with van der Waals surface area (Å²) in [6.45, 7) is 1.20. The molecule has 0 aliphatic heterocycles. The van der Waals surface area contributed by atoms with E-state index in [1.165, 1.54) is 24.3 Å². The van der Waals surface area contributed by atoms with Crippen LogP contribution in [0.4, 0.5) is 11.4 Å². The van der Waals surface area contributed by atoms with Gasteiger partial charge in [-0.05, 0) is 24.0 Å². The van der Waals surface area contributed by atoms with E-state index in [-0.39, 0.29) is 36.0 Å². The molecule has 10 nitrogen and oxygen atoms in total. The highest BCUT2D eigenvalue weighted by atomic mass is 16.6. The van der Waals surface area contributed by atoms with Gasteiger partial charge in [0.1, 0.15) is 0 Å². The smallest absolute Gasteiger partial charge is 0.269 e. The Morgan fingerprint density at radius 3 is 1.24 bits per heavy atom. The lowest BCUT2D eigenvalue weighted by atomic mass is 10.1. The number of unbranched alkanes of at least 4 members (excludes halogenated alkanes) is 5. The summed E-state index contributed by atoms with van der Waals surface area (Å²) in [5.74, 6) is -0.198. The maximum Gasteiger partial charge on any atom is 0.269 e. The molecule has 182 valence electrons. The number of hydrogen-bond acceptors (Lipinski definition) is 6. The highest BCUT2D eigenvalue weighted by Gasteiger charge is 2.08. The fourth-order valence-corrected chi connectivity index (χ4v) is 3.38. The Bertz CT molecular complexity index is 881. The fourth-order valence-electron chi connectivity index (χ4n) is 3.38. The molecule has 0 bridgehead atoms. The van der Waals surface area contributed by atoms with Crippen molar-refractivity contribution < 1.29 is 19.4 Å². The molecule has 2 amide bonds. The topological polar surface area (TPSA) is 144 Å². The van der Waals surface area contributed by atoms with E-state index in [0.29, 0.717) is 13.1 Å². The van der Waals surface area contributed by atoms with Crippen LogP contribution in [0.3, 0.4) is 0 Å². The number of carbonyl (C=O) groups is 2. The number of nitrogens with one attached hydrogen (secondary N) is 2. The highest BCUT2D eigenvalue weighted by molar-refractivity contribution is 5.79. The van der Waals surface area contributed by atoms with Crippen molar-refractivity contribution in [3.8, 4) is 0 Å². The summed E-state index contributed by atoms with van der Waals surface area (Å²) in [4.78, 5) is 44.2. The van der Waals surface area contributed by atoms with E-state index in [0.717, 1.165) is 49.7 Å². The van der Waals surface area contributed by atoms with Crippen molar-refractivity contribution >= 4 is 23.2 Å². The number of non-ortho nitro benzene ring substituents is 2. The Morgan fingerprint density at radius 2 is 0.912 bits per heavy atom. The number of carbonyl (C=O) groups excluding carboxylic acids is 2. The number of rotatable bonds is 15. The molecule has 2 aromatic rings. The third-order valence-corrected chi connectivity index (χ3v) is 5.27. The normalized spacial score (nSPS) is 10.5. The maximum atomic E-state index is 11.9. The molecule has 2 N–H and O–H groups in total. The van der Waals surface area contributed by atoms with Gasteiger partial charge < -0.3 is 10.6 Å². The molecule has 2 aromatic carbocycles. The van der Waals surface area contributed by atoms with Crippen LogP contribution in [-0.4, -0.2) is 34.8 Å². The molecule has 0 fully saturated rings. The van der Waals surface area contributed by atoms with E-state index in [1.54, 1.807) is 24.3 Å². The molecule has 0 saturated carbocycles. The molecule has 0 radical (unpaired) electrons. The lowest BCUT2D eigenvalue weighted by Gasteiger charge is -2.07. The summed E-state index contributed by atoms with van der Waals surface area (Å²) in [6.07, 6.45) is 6.29. The molecule has 0 spiro atoms. The fraction of sp³-hybridized carbons (Fsp3) is 0.417. The van der Waals surface area contributed by atoms with E-state index in [1.807, 2.05) is 0 Å². The van der Waals surface area contributed by atoms with Crippen molar-refractivity contribution in [3.63, 3.8) is 0 Å². The molecule has 0 aliphatic rings. The molecule has 0 atom stereocenters. The number of benzene rings is 2. The zero-order valence-electron chi connectivity index (χ0n) is 19.0. The second-order valence-corrected chi connectivity index (χ2v) is 8.02. The second-order valence-electron chi connectivity index (χ2n) is 8.02. The van der Waals surface area contributed by atoms with E-state index in [9.17, 15) is 29.8 Å². The molecule has 0 saturated heterocycles. The molecular formula is C24H30N4O6. The monoisotopic (exact) mass is 470 g/mol. The molecule has 34 heavy (non-hydrogen) atoms. The van der Waals surface area contributed by atoms with Gasteiger partial charge in [-0.3, -0.25) is 29.8 Å². The van der Waals surface area contributed by atoms with Crippen LogP contribution in [0.1, 0.15) is 49.7 Å². The average Bonchev–Trinajstić information content (AvgIpc) is 2.81. The average molecular weight is 471 g/mol. The van der Waals surface area contributed by atoms with Crippen molar-refractivity contribution in [2.45, 2.75) is 51.4 Å². The van der Waals surface area contributed by atoms with Gasteiger partial charge in [0.25, 0.3) is 11.4 Å². The lowest BCUT2D eigenvalue weighted by Crippen LogP contribution is -2.26. The first-order valence-electron chi connectivity index (χ1n) is 11.3. The van der Waals surface area contributed by atoms with Gasteiger partial charge in [-0.15, -0.1) is 0 Å². The zero-order chi connectivity index (χ0) is 24.8. The van der Waals surface area contributed by atoms with Crippen LogP contribution in [0.25, 0.3) is 0 Å². The number of nitrogens with zero attached hydrogens (tertiary/aromatic N) is 2. The number of nitro groups is 2. The Balaban J connectivity index is 1.44. The maximum absolute atomic E-state index is 11.9. The molecular weight excluding hydrogens is 440 g/mol. The quantitative estimate of drug-likeness (QED) is 0.230. The highest BCUT2D eigenvalue weighted by Crippen LogP contribution is 2.13. The predicted molar refractivity (Wildman–Crippen MR) is 127 cm³/mol. The van der Waals surface area contributed by atoms with Crippen LogP contribution in [0.15, 0.2) is 48.5 Å². The zero-order valence-corrected chi connectivity index (χ0v) is 19.0. The first-order valence-corrected chi connectivity index (χ1v) is 11.3. The Labute approximate surface area is 198 Å². The minimum absolute atomic E-state index is 0.00814. The summed E-state index contributed by atoms with van der Waals surface area (Å²) in [5, 5.41) is 27.0. The van der Waals surface area contributed by atoms with Crippen LogP contribution in [0, 0.1) is 20.2 Å². The number of amides is 2. The third kappa shape index (κ3) is 10.2. The van der Waals surface area contributed by atoms with Crippen molar-refractivity contribution in [2.75, 3.05) is 13.1 Å². The Hall–Kier alpha value is -3.82. The van der Waals surface area contributed by atoms with Crippen LogP contribution in [-0.2, 0) is 22.4 Å². The van der Waals surface area contributed by atoms with Crippen molar-refractivity contribution in [2.24, 2.45) is 0 Å². The summed E-state index contributed by atoms with van der Waals surface area (Å²) in [7, 11) is 0. The molecule has 10 heteroatoms. The van der Waals surface area contributed by atoms with Crippen LogP contribution in [0.2, 0.25) is 0 Å². The molecule has 2 rings (SSSR count). The van der Waals surface area contributed by atoms with E-state index in [2.05, 4.69) is 10.6 Å². The number of hydrogen-bond donors (Lipinski definition) is 2. The van der Waals surface area contributed by atoms with Gasteiger partial charge in [0.2, 0.25) is 11.8 Å². The molecule has 0 aromatic heterocycles. The van der Waals surface area contributed by atoms with Crippen molar-refractivity contribution in [3.05, 3.63) is 79.9 Å². The van der Waals surface area contributed by atoms with Crippen LogP contribution >= 0.6 is 0 Å². The van der Waals surface area contributed by atoms with Gasteiger partial charge in [-0.25, -0.2) is 0 Å². The second kappa shape index (κ2) is 14.4. The third-order valence-electron chi connectivity index (χ3n) is 5.27. The largest absolute Gasteiger partial charge is 0.356 e. The Morgan fingerprint density at radius 1 is 0.588 bits per heavy atom. The molecule has 0 unspecified atom stereocenters. The lowest BCUT2D eigenvalue weighted by molar-refractivity contribution is -0.385. The van der Waals surface area contributed by atoms with Crippen molar-refractivity contribution in [1.29, 1.82) is 0 Å². The van der Waals surface area contributed by atoms with Gasteiger partial charge in [-0.2, -0.15) is 0 Å². The van der Waals surface area contributed by atoms with E-state index < -0.39 is 9.85 Å².